The normalized spacial score (nSPS) is 11.0. The van der Waals surface area contributed by atoms with E-state index in [0.717, 1.165) is 23.9 Å². The maximum Gasteiger partial charge on any atom is 0.255 e. The highest BCUT2D eigenvalue weighted by Gasteiger charge is 2.15. The van der Waals surface area contributed by atoms with Crippen molar-refractivity contribution >= 4 is 22.6 Å². The maximum atomic E-state index is 12.6. The second kappa shape index (κ2) is 6.84. The van der Waals surface area contributed by atoms with Gasteiger partial charge in [0.15, 0.2) is 5.82 Å². The number of benzene rings is 2. The van der Waals surface area contributed by atoms with Crippen LogP contribution in [0.2, 0.25) is 0 Å². The third-order valence-corrected chi connectivity index (χ3v) is 4.27. The molecule has 6 heteroatoms. The van der Waals surface area contributed by atoms with Gasteiger partial charge in [0.1, 0.15) is 5.69 Å². The van der Waals surface area contributed by atoms with Crippen LogP contribution in [-0.2, 0) is 6.42 Å². The van der Waals surface area contributed by atoms with E-state index in [1.54, 1.807) is 6.20 Å². The number of nitrogens with one attached hydrogen (secondary N) is 3. The molecule has 0 radical (unpaired) electrons. The fourth-order valence-corrected chi connectivity index (χ4v) is 2.94. The first-order valence-corrected chi connectivity index (χ1v) is 8.63. The number of aromatic nitrogens is 4. The molecular formula is C20H19N5O. The average molecular weight is 345 g/mol. The molecule has 4 aromatic rings. The smallest absolute Gasteiger partial charge is 0.255 e. The minimum Gasteiger partial charge on any atom is -0.337 e. The number of rotatable bonds is 5. The van der Waals surface area contributed by atoms with Gasteiger partial charge in [-0.1, -0.05) is 37.6 Å². The number of H-pyrrole nitrogens is 2. The SMILES string of the molecule is CCCc1ccc(C(=O)Nc2cn[nH]c2-c2nc3ccccc3[nH]2)cc1. The number of carbonyl (C=O) groups excluding carboxylic acids is 1. The molecule has 0 saturated carbocycles. The molecule has 4 rings (SSSR count). The van der Waals surface area contributed by atoms with Crippen molar-refractivity contribution in [2.45, 2.75) is 19.8 Å². The summed E-state index contributed by atoms with van der Waals surface area (Å²) < 4.78 is 0. The van der Waals surface area contributed by atoms with E-state index < -0.39 is 0 Å². The molecule has 130 valence electrons. The van der Waals surface area contributed by atoms with Crippen LogP contribution in [0.5, 0.6) is 0 Å². The number of anilines is 1. The molecule has 0 spiro atoms. The Kier molecular flexibility index (Phi) is 4.23. The summed E-state index contributed by atoms with van der Waals surface area (Å²) in [7, 11) is 0. The van der Waals surface area contributed by atoms with Gasteiger partial charge >= 0.3 is 0 Å². The van der Waals surface area contributed by atoms with Gasteiger partial charge < -0.3 is 10.3 Å². The first-order valence-electron chi connectivity index (χ1n) is 8.63. The number of fused-ring (bicyclic) bond motifs is 1. The van der Waals surface area contributed by atoms with Crippen molar-refractivity contribution in [3.05, 3.63) is 65.9 Å². The molecule has 0 fully saturated rings. The van der Waals surface area contributed by atoms with Crippen molar-refractivity contribution in [2.75, 3.05) is 5.32 Å². The minimum atomic E-state index is -0.174. The van der Waals surface area contributed by atoms with Crippen molar-refractivity contribution in [2.24, 2.45) is 0 Å². The summed E-state index contributed by atoms with van der Waals surface area (Å²) in [5.41, 5.74) is 4.88. The molecule has 0 aliphatic carbocycles. The molecule has 0 aliphatic rings. The van der Waals surface area contributed by atoms with Gasteiger partial charge in [0, 0.05) is 5.56 Å². The number of amides is 1. The van der Waals surface area contributed by atoms with Gasteiger partial charge in [-0.05, 0) is 36.2 Å². The van der Waals surface area contributed by atoms with E-state index in [0.29, 0.717) is 22.8 Å². The van der Waals surface area contributed by atoms with Crippen LogP contribution in [0.1, 0.15) is 29.3 Å². The predicted molar refractivity (Wildman–Crippen MR) is 102 cm³/mol. The van der Waals surface area contributed by atoms with Crippen LogP contribution < -0.4 is 5.32 Å². The van der Waals surface area contributed by atoms with E-state index in [2.05, 4.69) is 32.4 Å². The van der Waals surface area contributed by atoms with E-state index in [4.69, 9.17) is 0 Å². The van der Waals surface area contributed by atoms with Crippen molar-refractivity contribution in [3.8, 4) is 11.5 Å². The fraction of sp³-hybridized carbons (Fsp3) is 0.150. The van der Waals surface area contributed by atoms with Crippen LogP contribution in [0.15, 0.2) is 54.7 Å². The number of carbonyl (C=O) groups is 1. The second-order valence-electron chi connectivity index (χ2n) is 6.16. The van der Waals surface area contributed by atoms with Crippen LogP contribution in [0, 0.1) is 0 Å². The van der Waals surface area contributed by atoms with Crippen molar-refractivity contribution < 1.29 is 4.79 Å². The molecule has 0 unspecified atom stereocenters. The highest BCUT2D eigenvalue weighted by Crippen LogP contribution is 2.25. The Morgan fingerprint density at radius 3 is 2.69 bits per heavy atom. The summed E-state index contributed by atoms with van der Waals surface area (Å²) in [5.74, 6) is 0.462. The quantitative estimate of drug-likeness (QED) is 0.508. The highest BCUT2D eigenvalue weighted by atomic mass is 16.1. The summed E-state index contributed by atoms with van der Waals surface area (Å²) >= 11 is 0. The number of para-hydroxylation sites is 2. The molecule has 0 bridgehead atoms. The van der Waals surface area contributed by atoms with Crippen LogP contribution >= 0.6 is 0 Å². The third kappa shape index (κ3) is 3.09. The van der Waals surface area contributed by atoms with E-state index in [1.807, 2.05) is 48.5 Å². The van der Waals surface area contributed by atoms with Crippen LogP contribution in [0.3, 0.4) is 0 Å². The molecular weight excluding hydrogens is 326 g/mol. The lowest BCUT2D eigenvalue weighted by molar-refractivity contribution is 0.102. The van der Waals surface area contributed by atoms with Gasteiger partial charge in [-0.15, -0.1) is 0 Å². The van der Waals surface area contributed by atoms with Gasteiger partial charge in [-0.25, -0.2) is 4.98 Å². The predicted octanol–water partition coefficient (Wildman–Crippen LogP) is 4.16. The van der Waals surface area contributed by atoms with Gasteiger partial charge in [-0.3, -0.25) is 9.89 Å². The lowest BCUT2D eigenvalue weighted by Gasteiger charge is -2.06. The van der Waals surface area contributed by atoms with Gasteiger partial charge in [0.05, 0.1) is 22.9 Å². The lowest BCUT2D eigenvalue weighted by Crippen LogP contribution is -2.12. The van der Waals surface area contributed by atoms with E-state index in [-0.39, 0.29) is 5.91 Å². The van der Waals surface area contributed by atoms with Crippen LogP contribution in [0.4, 0.5) is 5.69 Å². The molecule has 0 saturated heterocycles. The maximum absolute atomic E-state index is 12.6. The number of nitrogens with zero attached hydrogens (tertiary/aromatic N) is 2. The third-order valence-electron chi connectivity index (χ3n) is 4.27. The number of aryl methyl sites for hydroxylation is 1. The number of imidazole rings is 1. The molecule has 2 heterocycles. The fourth-order valence-electron chi connectivity index (χ4n) is 2.94. The van der Waals surface area contributed by atoms with Crippen molar-refractivity contribution in [1.29, 1.82) is 0 Å². The second-order valence-corrected chi connectivity index (χ2v) is 6.16. The highest BCUT2D eigenvalue weighted by molar-refractivity contribution is 6.05. The zero-order valence-electron chi connectivity index (χ0n) is 14.4. The monoisotopic (exact) mass is 345 g/mol. The first-order chi connectivity index (χ1) is 12.7. The molecule has 2 aromatic carbocycles. The molecule has 0 atom stereocenters. The average Bonchev–Trinajstić information content (AvgIpc) is 3.28. The standard InChI is InChI=1S/C20H19N5O/c1-2-5-13-8-10-14(11-9-13)20(26)24-17-12-21-25-18(17)19-22-15-6-3-4-7-16(15)23-19/h3-4,6-12H,2,5H2,1H3,(H,21,25)(H,22,23)(H,24,26). The van der Waals surface area contributed by atoms with Crippen molar-refractivity contribution in [3.63, 3.8) is 0 Å². The molecule has 2 aromatic heterocycles. The Morgan fingerprint density at radius 2 is 1.92 bits per heavy atom. The van der Waals surface area contributed by atoms with Crippen LogP contribution in [0.25, 0.3) is 22.6 Å². The Bertz CT molecular complexity index is 1010. The summed E-state index contributed by atoms with van der Waals surface area (Å²) in [4.78, 5) is 20.3. The van der Waals surface area contributed by atoms with Gasteiger partial charge in [-0.2, -0.15) is 5.10 Å². The summed E-state index contributed by atoms with van der Waals surface area (Å²) in [6.07, 6.45) is 3.69. The Balaban J connectivity index is 1.57. The molecule has 1 amide bonds. The number of hydrogen-bond acceptors (Lipinski definition) is 3. The van der Waals surface area contributed by atoms with E-state index >= 15 is 0 Å². The minimum absolute atomic E-state index is 0.174. The Hall–Kier alpha value is -3.41. The zero-order chi connectivity index (χ0) is 17.9. The zero-order valence-corrected chi connectivity index (χ0v) is 14.4. The van der Waals surface area contributed by atoms with Crippen LogP contribution in [-0.4, -0.2) is 26.1 Å². The number of hydrogen-bond donors (Lipinski definition) is 3. The van der Waals surface area contributed by atoms with E-state index in [1.165, 1.54) is 5.56 Å². The van der Waals surface area contributed by atoms with E-state index in [9.17, 15) is 4.79 Å². The lowest BCUT2D eigenvalue weighted by atomic mass is 10.1. The van der Waals surface area contributed by atoms with Gasteiger partial charge in [0.2, 0.25) is 0 Å². The molecule has 6 nitrogen and oxygen atoms in total. The van der Waals surface area contributed by atoms with Gasteiger partial charge in [0.25, 0.3) is 5.91 Å². The Morgan fingerprint density at radius 1 is 1.12 bits per heavy atom. The molecule has 26 heavy (non-hydrogen) atoms. The molecule has 0 aliphatic heterocycles. The largest absolute Gasteiger partial charge is 0.337 e. The topological polar surface area (TPSA) is 86.5 Å². The summed E-state index contributed by atoms with van der Waals surface area (Å²) in [6.45, 7) is 2.14. The Labute approximate surface area is 150 Å². The summed E-state index contributed by atoms with van der Waals surface area (Å²) in [5, 5.41) is 9.87. The first kappa shape index (κ1) is 16.1. The summed E-state index contributed by atoms with van der Waals surface area (Å²) in [6, 6.07) is 15.5. The number of aromatic amines is 2. The molecule has 3 N–H and O–H groups in total. The van der Waals surface area contributed by atoms with Crippen molar-refractivity contribution in [1.82, 2.24) is 20.2 Å².